The summed E-state index contributed by atoms with van der Waals surface area (Å²) in [6.07, 6.45) is 6.55. The Kier molecular flexibility index (Phi) is 2.87. The van der Waals surface area contributed by atoms with Gasteiger partial charge in [-0.3, -0.25) is 0 Å². The van der Waals surface area contributed by atoms with E-state index < -0.39 is 0 Å². The minimum atomic E-state index is 0.0710. The number of hydrogen-bond acceptors (Lipinski definition) is 4. The molecule has 2 rings (SSSR count). The van der Waals surface area contributed by atoms with E-state index in [1.165, 1.54) is 0 Å². The maximum atomic E-state index is 8.88. The monoisotopic (exact) mass is 305 g/mol. The molecule has 0 amide bonds. The Hall–Kier alpha value is -0.430. The zero-order valence-electron chi connectivity index (χ0n) is 7.70. The number of aromatic nitrogens is 2. The third-order valence-electron chi connectivity index (χ3n) is 2.44. The summed E-state index contributed by atoms with van der Waals surface area (Å²) in [6.45, 7) is 0.220. The van der Waals surface area contributed by atoms with Crippen molar-refractivity contribution in [1.29, 1.82) is 0 Å². The first kappa shape index (κ1) is 10.1. The molecule has 76 valence electrons. The van der Waals surface area contributed by atoms with E-state index in [0.717, 1.165) is 22.8 Å². The first-order valence-corrected chi connectivity index (χ1v) is 5.69. The summed E-state index contributed by atoms with van der Waals surface area (Å²) in [7, 11) is 0. The lowest BCUT2D eigenvalue weighted by atomic mass is 10.2. The van der Waals surface area contributed by atoms with E-state index in [0.29, 0.717) is 5.95 Å². The summed E-state index contributed by atoms with van der Waals surface area (Å²) >= 11 is 2.17. The van der Waals surface area contributed by atoms with Crippen molar-refractivity contribution >= 4 is 28.5 Å². The summed E-state index contributed by atoms with van der Waals surface area (Å²) in [6, 6.07) is 0. The fraction of sp³-hybridized carbons (Fsp3) is 0.556. The molecule has 4 nitrogen and oxygen atoms in total. The minimum absolute atomic E-state index is 0.0710. The van der Waals surface area contributed by atoms with Crippen LogP contribution in [0.5, 0.6) is 0 Å². The Bertz CT molecular complexity index is 310. The highest BCUT2D eigenvalue weighted by Gasteiger charge is 2.42. The molecule has 0 unspecified atom stereocenters. The number of hydrogen-bond donors (Lipinski definition) is 2. The molecule has 14 heavy (non-hydrogen) atoms. The molecule has 1 heterocycles. The summed E-state index contributed by atoms with van der Waals surface area (Å²) in [5.41, 5.74) is 0.0710. The van der Waals surface area contributed by atoms with Gasteiger partial charge in [0.2, 0.25) is 5.95 Å². The molecule has 1 fully saturated rings. The second kappa shape index (κ2) is 3.98. The highest BCUT2D eigenvalue weighted by Crippen LogP contribution is 2.40. The summed E-state index contributed by atoms with van der Waals surface area (Å²) < 4.78 is 1.03. The highest BCUT2D eigenvalue weighted by molar-refractivity contribution is 14.1. The van der Waals surface area contributed by atoms with Crippen molar-refractivity contribution in [2.45, 2.75) is 24.8 Å². The first-order chi connectivity index (χ1) is 6.74. The van der Waals surface area contributed by atoms with E-state index in [2.05, 4.69) is 37.9 Å². The second-order valence-electron chi connectivity index (χ2n) is 3.60. The zero-order chi connectivity index (χ0) is 10.0. The lowest BCUT2D eigenvalue weighted by Crippen LogP contribution is -2.23. The van der Waals surface area contributed by atoms with Gasteiger partial charge in [0.05, 0.1) is 0 Å². The van der Waals surface area contributed by atoms with Gasteiger partial charge in [-0.25, -0.2) is 9.97 Å². The molecule has 1 saturated carbocycles. The summed E-state index contributed by atoms with van der Waals surface area (Å²) in [4.78, 5) is 8.35. The molecule has 1 aromatic heterocycles. The third-order valence-corrected chi connectivity index (χ3v) is 3.00. The fourth-order valence-corrected chi connectivity index (χ4v) is 1.69. The maximum absolute atomic E-state index is 8.88. The molecule has 0 saturated heterocycles. The number of halogens is 1. The van der Waals surface area contributed by atoms with Gasteiger partial charge in [-0.15, -0.1) is 0 Å². The van der Waals surface area contributed by atoms with Gasteiger partial charge >= 0.3 is 0 Å². The molecular weight excluding hydrogens is 293 g/mol. The number of aliphatic hydroxyl groups excluding tert-OH is 1. The molecule has 1 aliphatic carbocycles. The molecule has 0 spiro atoms. The van der Waals surface area contributed by atoms with E-state index in [4.69, 9.17) is 5.11 Å². The molecule has 1 aliphatic rings. The van der Waals surface area contributed by atoms with Crippen molar-refractivity contribution in [2.24, 2.45) is 0 Å². The largest absolute Gasteiger partial charge is 0.396 e. The van der Waals surface area contributed by atoms with Crippen LogP contribution in [0.1, 0.15) is 19.3 Å². The van der Waals surface area contributed by atoms with Crippen LogP contribution >= 0.6 is 22.6 Å². The average molecular weight is 305 g/mol. The van der Waals surface area contributed by atoms with Crippen LogP contribution in [-0.2, 0) is 0 Å². The van der Waals surface area contributed by atoms with E-state index in [1.54, 1.807) is 12.4 Å². The highest BCUT2D eigenvalue weighted by atomic mass is 127. The second-order valence-corrected chi connectivity index (χ2v) is 4.85. The van der Waals surface area contributed by atoms with Gasteiger partial charge in [0, 0.05) is 28.1 Å². The van der Waals surface area contributed by atoms with Crippen molar-refractivity contribution in [3.8, 4) is 0 Å². The van der Waals surface area contributed by atoms with Gasteiger partial charge in [0.1, 0.15) is 0 Å². The first-order valence-electron chi connectivity index (χ1n) is 4.61. The zero-order valence-corrected chi connectivity index (χ0v) is 9.86. The SMILES string of the molecule is OCCC1(Nc2ncc(I)cn2)CC1. The lowest BCUT2D eigenvalue weighted by Gasteiger charge is -2.15. The van der Waals surface area contributed by atoms with E-state index >= 15 is 0 Å². The van der Waals surface area contributed by atoms with Gasteiger partial charge in [-0.05, 0) is 41.9 Å². The van der Waals surface area contributed by atoms with E-state index in [1.807, 2.05) is 0 Å². The molecule has 5 heteroatoms. The molecule has 1 aromatic rings. The Morgan fingerprint density at radius 3 is 2.57 bits per heavy atom. The Morgan fingerprint density at radius 2 is 2.07 bits per heavy atom. The number of nitrogens with one attached hydrogen (secondary N) is 1. The fourth-order valence-electron chi connectivity index (χ4n) is 1.42. The predicted molar refractivity (Wildman–Crippen MR) is 62.0 cm³/mol. The van der Waals surface area contributed by atoms with Crippen LogP contribution in [-0.4, -0.2) is 27.2 Å². The molecule has 2 N–H and O–H groups in total. The van der Waals surface area contributed by atoms with Gasteiger partial charge in [0.25, 0.3) is 0 Å². The van der Waals surface area contributed by atoms with Crippen molar-refractivity contribution < 1.29 is 5.11 Å². The quantitative estimate of drug-likeness (QED) is 0.826. The maximum Gasteiger partial charge on any atom is 0.223 e. The Labute approximate surface area is 96.3 Å². The molecular formula is C9H12IN3O. The van der Waals surface area contributed by atoms with E-state index in [-0.39, 0.29) is 12.1 Å². The normalized spacial score (nSPS) is 17.9. The van der Waals surface area contributed by atoms with Crippen molar-refractivity contribution in [3.63, 3.8) is 0 Å². The van der Waals surface area contributed by atoms with Gasteiger partial charge in [-0.1, -0.05) is 0 Å². The van der Waals surface area contributed by atoms with Crippen molar-refractivity contribution in [2.75, 3.05) is 11.9 Å². The predicted octanol–water partition coefficient (Wildman–Crippen LogP) is 1.41. The Morgan fingerprint density at radius 1 is 1.43 bits per heavy atom. The smallest absolute Gasteiger partial charge is 0.223 e. The number of rotatable bonds is 4. The van der Waals surface area contributed by atoms with Gasteiger partial charge < -0.3 is 10.4 Å². The number of anilines is 1. The van der Waals surface area contributed by atoms with Crippen LogP contribution in [0, 0.1) is 3.57 Å². The Balaban J connectivity index is 2.00. The lowest BCUT2D eigenvalue weighted by molar-refractivity contribution is 0.275. The van der Waals surface area contributed by atoms with Crippen LogP contribution in [0.15, 0.2) is 12.4 Å². The van der Waals surface area contributed by atoms with Crippen LogP contribution < -0.4 is 5.32 Å². The number of aliphatic hydroxyl groups is 1. The van der Waals surface area contributed by atoms with Crippen LogP contribution in [0.3, 0.4) is 0 Å². The average Bonchev–Trinajstić information content (AvgIpc) is 2.90. The third kappa shape index (κ3) is 2.33. The topological polar surface area (TPSA) is 58.0 Å². The molecule has 0 bridgehead atoms. The molecule has 0 aromatic carbocycles. The van der Waals surface area contributed by atoms with Crippen LogP contribution in [0.4, 0.5) is 5.95 Å². The van der Waals surface area contributed by atoms with E-state index in [9.17, 15) is 0 Å². The van der Waals surface area contributed by atoms with Crippen molar-refractivity contribution in [1.82, 2.24) is 9.97 Å². The molecule has 0 radical (unpaired) electrons. The molecule has 0 aliphatic heterocycles. The number of nitrogens with zero attached hydrogens (tertiary/aromatic N) is 2. The summed E-state index contributed by atoms with van der Waals surface area (Å²) in [5.74, 6) is 0.663. The van der Waals surface area contributed by atoms with Crippen molar-refractivity contribution in [3.05, 3.63) is 16.0 Å². The van der Waals surface area contributed by atoms with Crippen LogP contribution in [0.25, 0.3) is 0 Å². The standard InChI is InChI=1S/C9H12IN3O/c10-7-5-11-8(12-6-7)13-9(1-2-9)3-4-14/h5-6,14H,1-4H2,(H,11,12,13). The summed E-state index contributed by atoms with van der Waals surface area (Å²) in [5, 5.41) is 12.2. The van der Waals surface area contributed by atoms with Crippen LogP contribution in [0.2, 0.25) is 0 Å². The molecule has 0 atom stereocenters. The minimum Gasteiger partial charge on any atom is -0.396 e. The van der Waals surface area contributed by atoms with Gasteiger partial charge in [0.15, 0.2) is 0 Å². The van der Waals surface area contributed by atoms with Gasteiger partial charge in [-0.2, -0.15) is 0 Å².